The highest BCUT2D eigenvalue weighted by atomic mass is 79.9. The minimum Gasteiger partial charge on any atom is -0.494 e. The molecule has 1 fully saturated rings. The molecule has 21 heavy (non-hydrogen) atoms. The molecular formula is C13H18BrClN2O3S. The third-order valence-corrected chi connectivity index (χ3v) is 5.70. The van der Waals surface area contributed by atoms with E-state index in [1.54, 1.807) is 6.07 Å². The van der Waals surface area contributed by atoms with Crippen molar-refractivity contribution in [1.29, 1.82) is 0 Å². The number of nitrogens with one attached hydrogen (secondary N) is 2. The van der Waals surface area contributed by atoms with Crippen molar-refractivity contribution in [3.05, 3.63) is 21.6 Å². The van der Waals surface area contributed by atoms with Crippen LogP contribution < -0.4 is 14.8 Å². The first-order chi connectivity index (χ1) is 9.94. The average Bonchev–Trinajstić information content (AvgIpc) is 2.66. The van der Waals surface area contributed by atoms with Gasteiger partial charge >= 0.3 is 0 Å². The Bertz CT molecular complexity index is 602. The van der Waals surface area contributed by atoms with Crippen LogP contribution >= 0.6 is 27.5 Å². The topological polar surface area (TPSA) is 67.4 Å². The van der Waals surface area contributed by atoms with E-state index < -0.39 is 10.0 Å². The molecular weight excluding hydrogens is 380 g/mol. The molecule has 2 N–H and O–H groups in total. The fraction of sp³-hybridized carbons (Fsp3) is 0.538. The van der Waals surface area contributed by atoms with E-state index in [9.17, 15) is 8.42 Å². The minimum atomic E-state index is -3.68. The molecule has 1 aliphatic rings. The summed E-state index contributed by atoms with van der Waals surface area (Å²) in [5.41, 5.74) is 0. The quantitative estimate of drug-likeness (QED) is 0.819. The van der Waals surface area contributed by atoms with Crippen LogP contribution in [0.5, 0.6) is 5.75 Å². The van der Waals surface area contributed by atoms with Crippen LogP contribution in [0.25, 0.3) is 0 Å². The summed E-state index contributed by atoms with van der Waals surface area (Å²) in [5.74, 6) is 0.263. The van der Waals surface area contributed by atoms with Gasteiger partial charge in [-0.2, -0.15) is 0 Å². The number of benzene rings is 1. The lowest BCUT2D eigenvalue weighted by molar-refractivity contribution is 0.399. The molecule has 0 bridgehead atoms. The summed E-state index contributed by atoms with van der Waals surface area (Å²) in [5, 5.41) is 3.59. The Morgan fingerprint density at radius 1 is 1.38 bits per heavy atom. The van der Waals surface area contributed by atoms with Gasteiger partial charge in [0, 0.05) is 11.1 Å². The van der Waals surface area contributed by atoms with Gasteiger partial charge in [-0.05, 0) is 60.4 Å². The number of ether oxygens (including phenoxy) is 1. The lowest BCUT2D eigenvalue weighted by atomic mass is 10.1. The molecule has 0 saturated carbocycles. The molecule has 1 unspecified atom stereocenters. The number of hydrogen-bond acceptors (Lipinski definition) is 4. The summed E-state index contributed by atoms with van der Waals surface area (Å²) in [6.07, 6.45) is 2.53. The number of hydrogen-bond donors (Lipinski definition) is 2. The summed E-state index contributed by atoms with van der Waals surface area (Å²) in [6, 6.07) is 2.93. The minimum absolute atomic E-state index is 0.0570. The van der Waals surface area contributed by atoms with E-state index in [1.165, 1.54) is 13.2 Å². The molecule has 0 aromatic heterocycles. The van der Waals surface area contributed by atoms with Crippen LogP contribution in [0, 0.1) is 0 Å². The average molecular weight is 398 g/mol. The number of methoxy groups -OCH3 is 1. The van der Waals surface area contributed by atoms with Gasteiger partial charge in [-0.15, -0.1) is 0 Å². The zero-order valence-electron chi connectivity index (χ0n) is 11.7. The van der Waals surface area contributed by atoms with E-state index in [1.807, 2.05) is 0 Å². The van der Waals surface area contributed by atoms with Crippen molar-refractivity contribution < 1.29 is 13.2 Å². The molecule has 0 spiro atoms. The Labute approximate surface area is 138 Å². The summed E-state index contributed by atoms with van der Waals surface area (Å²) in [4.78, 5) is 0.0570. The molecule has 1 saturated heterocycles. The summed E-state index contributed by atoms with van der Waals surface area (Å²) in [7, 11) is -2.25. The second kappa shape index (κ2) is 7.28. The van der Waals surface area contributed by atoms with E-state index in [0.717, 1.165) is 32.4 Å². The Kier molecular flexibility index (Phi) is 5.90. The predicted molar refractivity (Wildman–Crippen MR) is 86.5 cm³/mol. The lowest BCUT2D eigenvalue weighted by Crippen LogP contribution is -2.35. The zero-order chi connectivity index (χ0) is 15.5. The van der Waals surface area contributed by atoms with Gasteiger partial charge in [0.25, 0.3) is 0 Å². The number of halogens is 2. The van der Waals surface area contributed by atoms with Gasteiger partial charge in [-0.25, -0.2) is 13.1 Å². The van der Waals surface area contributed by atoms with Crippen molar-refractivity contribution in [3.8, 4) is 5.75 Å². The molecule has 1 heterocycles. The highest BCUT2D eigenvalue weighted by Gasteiger charge is 2.26. The van der Waals surface area contributed by atoms with Crippen LogP contribution in [-0.4, -0.2) is 34.7 Å². The Hall–Kier alpha value is -0.340. The lowest BCUT2D eigenvalue weighted by Gasteiger charge is -2.18. The molecule has 1 aromatic carbocycles. The van der Waals surface area contributed by atoms with E-state index in [0.29, 0.717) is 9.50 Å². The summed E-state index contributed by atoms with van der Waals surface area (Å²) in [6.45, 7) is 1.73. The molecule has 1 aromatic rings. The zero-order valence-corrected chi connectivity index (χ0v) is 14.8. The Morgan fingerprint density at radius 2 is 2.14 bits per heavy atom. The van der Waals surface area contributed by atoms with Crippen LogP contribution in [0.1, 0.15) is 19.3 Å². The third-order valence-electron chi connectivity index (χ3n) is 3.37. The first-order valence-corrected chi connectivity index (χ1v) is 9.35. The van der Waals surface area contributed by atoms with Crippen molar-refractivity contribution in [3.63, 3.8) is 0 Å². The van der Waals surface area contributed by atoms with Crippen molar-refractivity contribution in [2.75, 3.05) is 20.2 Å². The van der Waals surface area contributed by atoms with Crippen molar-refractivity contribution in [1.82, 2.24) is 10.0 Å². The highest BCUT2D eigenvalue weighted by molar-refractivity contribution is 9.10. The maximum absolute atomic E-state index is 12.6. The maximum atomic E-state index is 12.6. The van der Waals surface area contributed by atoms with E-state index in [2.05, 4.69) is 26.0 Å². The summed E-state index contributed by atoms with van der Waals surface area (Å²) < 4.78 is 33.7. The van der Waals surface area contributed by atoms with Gasteiger partial charge < -0.3 is 10.1 Å². The predicted octanol–water partition coefficient (Wildman–Crippen LogP) is 2.53. The number of sulfonamides is 1. The Morgan fingerprint density at radius 3 is 2.86 bits per heavy atom. The molecule has 2 rings (SSSR count). The van der Waals surface area contributed by atoms with Gasteiger partial charge in [-0.3, -0.25) is 0 Å². The normalized spacial score (nSPS) is 20.0. The van der Waals surface area contributed by atoms with Gasteiger partial charge in [0.1, 0.15) is 4.90 Å². The molecule has 0 aliphatic carbocycles. The molecule has 0 amide bonds. The Balaban J connectivity index is 2.30. The molecule has 118 valence electrons. The first kappa shape index (κ1) is 17.0. The van der Waals surface area contributed by atoms with Crippen LogP contribution in [0.15, 0.2) is 21.5 Å². The van der Waals surface area contributed by atoms with Crippen molar-refractivity contribution >= 4 is 37.6 Å². The standard InChI is InChI=1S/C13H18BrClN2O3S/c1-20-13-11(14)7-9(15)8-12(13)21(18,19)17-10-3-2-5-16-6-4-10/h7-8,10,16-17H,2-6H2,1H3. The van der Waals surface area contributed by atoms with Gasteiger partial charge in [0.05, 0.1) is 11.6 Å². The molecule has 5 nitrogen and oxygen atoms in total. The van der Waals surface area contributed by atoms with Crippen LogP contribution in [0.3, 0.4) is 0 Å². The van der Waals surface area contributed by atoms with Crippen LogP contribution in [0.2, 0.25) is 5.02 Å². The number of rotatable bonds is 4. The second-order valence-corrected chi connectivity index (χ2v) is 7.89. The molecule has 0 radical (unpaired) electrons. The SMILES string of the molecule is COc1c(Br)cc(Cl)cc1S(=O)(=O)NC1CCCNCC1. The van der Waals surface area contributed by atoms with Gasteiger partial charge in [0.15, 0.2) is 5.75 Å². The smallest absolute Gasteiger partial charge is 0.244 e. The highest BCUT2D eigenvalue weighted by Crippen LogP contribution is 2.35. The van der Waals surface area contributed by atoms with Gasteiger partial charge in [-0.1, -0.05) is 11.6 Å². The van der Waals surface area contributed by atoms with Crippen molar-refractivity contribution in [2.45, 2.75) is 30.2 Å². The second-order valence-electron chi connectivity index (χ2n) is 4.92. The fourth-order valence-electron chi connectivity index (χ4n) is 2.35. The van der Waals surface area contributed by atoms with E-state index >= 15 is 0 Å². The molecule has 1 atom stereocenters. The third kappa shape index (κ3) is 4.32. The summed E-state index contributed by atoms with van der Waals surface area (Å²) >= 11 is 9.24. The van der Waals surface area contributed by atoms with E-state index in [-0.39, 0.29) is 16.7 Å². The van der Waals surface area contributed by atoms with Crippen molar-refractivity contribution in [2.24, 2.45) is 0 Å². The monoisotopic (exact) mass is 396 g/mol. The van der Waals surface area contributed by atoms with Gasteiger partial charge in [0.2, 0.25) is 10.0 Å². The van der Waals surface area contributed by atoms with E-state index in [4.69, 9.17) is 16.3 Å². The first-order valence-electron chi connectivity index (χ1n) is 6.70. The fourth-order valence-corrected chi connectivity index (χ4v) is 5.04. The molecule has 1 aliphatic heterocycles. The largest absolute Gasteiger partial charge is 0.494 e. The van der Waals surface area contributed by atoms with Crippen LogP contribution in [0.4, 0.5) is 0 Å². The van der Waals surface area contributed by atoms with Crippen LogP contribution in [-0.2, 0) is 10.0 Å². The maximum Gasteiger partial charge on any atom is 0.244 e. The molecule has 8 heteroatoms.